The minimum Gasteiger partial charge on any atom is -0.493 e. The van der Waals surface area contributed by atoms with E-state index in [1.54, 1.807) is 7.11 Å². The lowest BCUT2D eigenvalue weighted by Crippen LogP contribution is -2.16. The lowest BCUT2D eigenvalue weighted by molar-refractivity contribution is 0.196. The number of anilines is 1. The van der Waals surface area contributed by atoms with Crippen molar-refractivity contribution in [1.29, 1.82) is 0 Å². The summed E-state index contributed by atoms with van der Waals surface area (Å²) in [4.78, 5) is 0. The standard InChI is InChI=1S/C16H27NO3/c1-12(2)5-6-13(3)17-14-7-8-15(19-4)16(11-14)20-10-9-18/h7-8,11-13,17-18H,5-6,9-10H2,1-4H3. The summed E-state index contributed by atoms with van der Waals surface area (Å²) >= 11 is 0. The average Bonchev–Trinajstić information content (AvgIpc) is 2.43. The summed E-state index contributed by atoms with van der Waals surface area (Å²) in [5, 5.41) is 12.3. The Hall–Kier alpha value is -1.42. The van der Waals surface area contributed by atoms with Crippen molar-refractivity contribution >= 4 is 5.69 Å². The third-order valence-electron chi connectivity index (χ3n) is 3.10. The molecule has 4 heteroatoms. The molecule has 20 heavy (non-hydrogen) atoms. The van der Waals surface area contributed by atoms with Crippen LogP contribution in [0.15, 0.2) is 18.2 Å². The molecule has 0 fully saturated rings. The second-order valence-corrected chi connectivity index (χ2v) is 5.45. The van der Waals surface area contributed by atoms with Crippen molar-refractivity contribution in [3.63, 3.8) is 0 Å². The number of benzene rings is 1. The van der Waals surface area contributed by atoms with E-state index in [4.69, 9.17) is 14.6 Å². The lowest BCUT2D eigenvalue weighted by Gasteiger charge is -2.18. The third kappa shape index (κ3) is 5.70. The van der Waals surface area contributed by atoms with Crippen molar-refractivity contribution < 1.29 is 14.6 Å². The molecule has 0 aliphatic carbocycles. The largest absolute Gasteiger partial charge is 0.493 e. The monoisotopic (exact) mass is 281 g/mol. The molecule has 0 aliphatic heterocycles. The number of hydrogen-bond donors (Lipinski definition) is 2. The molecule has 0 saturated carbocycles. The van der Waals surface area contributed by atoms with Crippen LogP contribution >= 0.6 is 0 Å². The predicted octanol–water partition coefficient (Wildman–Crippen LogP) is 3.30. The molecule has 0 aliphatic rings. The van der Waals surface area contributed by atoms with Gasteiger partial charge in [-0.05, 0) is 37.8 Å². The van der Waals surface area contributed by atoms with Gasteiger partial charge >= 0.3 is 0 Å². The molecule has 0 aromatic heterocycles. The highest BCUT2D eigenvalue weighted by molar-refractivity contribution is 5.55. The SMILES string of the molecule is COc1ccc(NC(C)CCC(C)C)cc1OCCO. The number of aliphatic hydroxyl groups is 1. The van der Waals surface area contributed by atoms with Gasteiger partial charge in [0.1, 0.15) is 6.61 Å². The Balaban J connectivity index is 2.65. The van der Waals surface area contributed by atoms with Crippen LogP contribution in [0.1, 0.15) is 33.6 Å². The quantitative estimate of drug-likeness (QED) is 0.729. The van der Waals surface area contributed by atoms with Gasteiger partial charge < -0.3 is 19.9 Å². The summed E-state index contributed by atoms with van der Waals surface area (Å²) in [7, 11) is 1.61. The smallest absolute Gasteiger partial charge is 0.163 e. The molecule has 4 nitrogen and oxygen atoms in total. The molecule has 1 aromatic rings. The molecule has 0 heterocycles. The Morgan fingerprint density at radius 3 is 2.50 bits per heavy atom. The molecule has 1 rings (SSSR count). The van der Waals surface area contributed by atoms with Crippen molar-refractivity contribution in [2.75, 3.05) is 25.6 Å². The Bertz CT molecular complexity index is 393. The molecule has 0 spiro atoms. The highest BCUT2D eigenvalue weighted by atomic mass is 16.5. The molecular weight excluding hydrogens is 254 g/mol. The number of nitrogens with one attached hydrogen (secondary N) is 1. The molecule has 114 valence electrons. The normalized spacial score (nSPS) is 12.3. The number of aliphatic hydroxyl groups excluding tert-OH is 1. The Kier molecular flexibility index (Phi) is 7.23. The highest BCUT2D eigenvalue weighted by Crippen LogP contribution is 2.30. The van der Waals surface area contributed by atoms with Crippen LogP contribution in [0.5, 0.6) is 11.5 Å². The van der Waals surface area contributed by atoms with Gasteiger partial charge in [-0.3, -0.25) is 0 Å². The molecule has 0 saturated heterocycles. The lowest BCUT2D eigenvalue weighted by atomic mass is 10.0. The molecule has 1 atom stereocenters. The Morgan fingerprint density at radius 2 is 1.90 bits per heavy atom. The second kappa shape index (κ2) is 8.69. The third-order valence-corrected chi connectivity index (χ3v) is 3.10. The van der Waals surface area contributed by atoms with Gasteiger partial charge in [0.2, 0.25) is 0 Å². The minimum atomic E-state index is -0.00833. The van der Waals surface area contributed by atoms with Gasteiger partial charge in [-0.15, -0.1) is 0 Å². The van der Waals surface area contributed by atoms with Gasteiger partial charge in [-0.2, -0.15) is 0 Å². The molecule has 2 N–H and O–H groups in total. The summed E-state index contributed by atoms with van der Waals surface area (Å²) in [6.07, 6.45) is 2.34. The van der Waals surface area contributed by atoms with Crippen LogP contribution in [0.2, 0.25) is 0 Å². The first-order valence-electron chi connectivity index (χ1n) is 7.25. The van der Waals surface area contributed by atoms with E-state index in [-0.39, 0.29) is 13.2 Å². The molecule has 0 amide bonds. The maximum Gasteiger partial charge on any atom is 0.163 e. The van der Waals surface area contributed by atoms with E-state index in [9.17, 15) is 0 Å². The number of rotatable bonds is 9. The summed E-state index contributed by atoms with van der Waals surface area (Å²) in [6.45, 7) is 6.91. The Morgan fingerprint density at radius 1 is 1.15 bits per heavy atom. The fraction of sp³-hybridized carbons (Fsp3) is 0.625. The molecule has 0 radical (unpaired) electrons. The first-order chi connectivity index (χ1) is 9.56. The predicted molar refractivity (Wildman–Crippen MR) is 82.7 cm³/mol. The number of ether oxygens (including phenoxy) is 2. The van der Waals surface area contributed by atoms with Crippen molar-refractivity contribution in [3.8, 4) is 11.5 Å². The van der Waals surface area contributed by atoms with Gasteiger partial charge in [-0.25, -0.2) is 0 Å². The first-order valence-corrected chi connectivity index (χ1v) is 7.25. The van der Waals surface area contributed by atoms with Crippen LogP contribution in [-0.2, 0) is 0 Å². The summed E-state index contributed by atoms with van der Waals surface area (Å²) in [5.74, 6) is 2.06. The average molecular weight is 281 g/mol. The van der Waals surface area contributed by atoms with E-state index < -0.39 is 0 Å². The van der Waals surface area contributed by atoms with Crippen LogP contribution in [0, 0.1) is 5.92 Å². The van der Waals surface area contributed by atoms with Crippen LogP contribution in [0.4, 0.5) is 5.69 Å². The number of methoxy groups -OCH3 is 1. The summed E-state index contributed by atoms with van der Waals surface area (Å²) in [5.41, 5.74) is 1.01. The highest BCUT2D eigenvalue weighted by Gasteiger charge is 2.08. The molecular formula is C16H27NO3. The summed E-state index contributed by atoms with van der Waals surface area (Å²) in [6, 6.07) is 6.19. The van der Waals surface area contributed by atoms with E-state index in [2.05, 4.69) is 26.1 Å². The van der Waals surface area contributed by atoms with Gasteiger partial charge in [0, 0.05) is 17.8 Å². The zero-order valence-corrected chi connectivity index (χ0v) is 13.0. The van der Waals surface area contributed by atoms with E-state index in [0.29, 0.717) is 17.5 Å². The van der Waals surface area contributed by atoms with Crippen LogP contribution in [-0.4, -0.2) is 31.5 Å². The van der Waals surface area contributed by atoms with Crippen LogP contribution in [0.25, 0.3) is 0 Å². The van der Waals surface area contributed by atoms with Gasteiger partial charge in [0.05, 0.1) is 13.7 Å². The fourth-order valence-corrected chi connectivity index (χ4v) is 1.97. The van der Waals surface area contributed by atoms with Gasteiger partial charge in [0.15, 0.2) is 11.5 Å². The van der Waals surface area contributed by atoms with Gasteiger partial charge in [-0.1, -0.05) is 13.8 Å². The van der Waals surface area contributed by atoms with Crippen molar-refractivity contribution in [2.24, 2.45) is 5.92 Å². The van der Waals surface area contributed by atoms with Crippen molar-refractivity contribution in [1.82, 2.24) is 0 Å². The molecule has 0 bridgehead atoms. The van der Waals surface area contributed by atoms with Crippen LogP contribution < -0.4 is 14.8 Å². The van der Waals surface area contributed by atoms with E-state index in [0.717, 1.165) is 18.0 Å². The summed E-state index contributed by atoms with van der Waals surface area (Å²) < 4.78 is 10.7. The van der Waals surface area contributed by atoms with Crippen molar-refractivity contribution in [3.05, 3.63) is 18.2 Å². The molecule has 1 aromatic carbocycles. The second-order valence-electron chi connectivity index (χ2n) is 5.45. The van der Waals surface area contributed by atoms with E-state index in [1.165, 1.54) is 6.42 Å². The zero-order valence-electron chi connectivity index (χ0n) is 13.0. The topological polar surface area (TPSA) is 50.7 Å². The van der Waals surface area contributed by atoms with E-state index in [1.807, 2.05) is 18.2 Å². The maximum absolute atomic E-state index is 8.85. The van der Waals surface area contributed by atoms with Crippen LogP contribution in [0.3, 0.4) is 0 Å². The minimum absolute atomic E-state index is 0.00833. The maximum atomic E-state index is 8.85. The van der Waals surface area contributed by atoms with Gasteiger partial charge in [0.25, 0.3) is 0 Å². The Labute approximate surface area is 122 Å². The first kappa shape index (κ1) is 16.6. The van der Waals surface area contributed by atoms with Crippen molar-refractivity contribution in [2.45, 2.75) is 39.7 Å². The van der Waals surface area contributed by atoms with E-state index >= 15 is 0 Å². The fourth-order valence-electron chi connectivity index (χ4n) is 1.97. The molecule has 1 unspecified atom stereocenters. The number of hydrogen-bond acceptors (Lipinski definition) is 4. The zero-order chi connectivity index (χ0) is 15.0.